The van der Waals surface area contributed by atoms with E-state index in [1.165, 1.54) is 5.56 Å². The number of nitrogens with zero attached hydrogens (tertiary/aromatic N) is 3. The van der Waals surface area contributed by atoms with Crippen molar-refractivity contribution in [3.8, 4) is 17.0 Å². The Balaban J connectivity index is 1.88. The first kappa shape index (κ1) is 25.4. The first-order chi connectivity index (χ1) is 16.0. The van der Waals surface area contributed by atoms with Crippen molar-refractivity contribution in [2.45, 2.75) is 73.3 Å². The number of anilines is 1. The van der Waals surface area contributed by atoms with E-state index in [4.69, 9.17) is 19.4 Å². The summed E-state index contributed by atoms with van der Waals surface area (Å²) in [6, 6.07) is 4.80. The number of ether oxygens (including phenoxy) is 2. The Morgan fingerprint density at radius 1 is 0.970 bits per heavy atom. The first-order valence-corrected chi connectivity index (χ1v) is 12.7. The van der Waals surface area contributed by atoms with E-state index >= 15 is 0 Å². The number of nitrogens with one attached hydrogen (secondary N) is 1. The maximum Gasteiger partial charge on any atom is 0.148 e. The minimum atomic E-state index is 0.424. The van der Waals surface area contributed by atoms with Gasteiger partial charge in [-0.3, -0.25) is 4.90 Å². The van der Waals surface area contributed by atoms with Crippen molar-refractivity contribution in [3.63, 3.8) is 0 Å². The highest BCUT2D eigenvalue weighted by Crippen LogP contribution is 2.33. The van der Waals surface area contributed by atoms with Crippen LogP contribution in [0, 0.1) is 13.8 Å². The molecule has 1 aromatic carbocycles. The van der Waals surface area contributed by atoms with Crippen molar-refractivity contribution in [1.29, 1.82) is 0 Å². The van der Waals surface area contributed by atoms with Crippen molar-refractivity contribution in [2.24, 2.45) is 0 Å². The molecule has 0 unspecified atom stereocenters. The van der Waals surface area contributed by atoms with Crippen molar-refractivity contribution in [2.75, 3.05) is 44.8 Å². The number of benzene rings is 1. The van der Waals surface area contributed by atoms with Gasteiger partial charge in [0.2, 0.25) is 0 Å². The number of hydrogen-bond acceptors (Lipinski definition) is 6. The number of aryl methyl sites for hydroxylation is 4. The van der Waals surface area contributed by atoms with Crippen LogP contribution in [-0.4, -0.2) is 60.4 Å². The van der Waals surface area contributed by atoms with Crippen LogP contribution in [0.15, 0.2) is 12.1 Å². The summed E-state index contributed by atoms with van der Waals surface area (Å²) >= 11 is 0. The van der Waals surface area contributed by atoms with E-state index in [9.17, 15) is 0 Å². The maximum absolute atomic E-state index is 6.25. The second kappa shape index (κ2) is 12.3. The molecule has 2 aromatic rings. The van der Waals surface area contributed by atoms with Gasteiger partial charge in [-0.25, -0.2) is 9.97 Å². The van der Waals surface area contributed by atoms with Gasteiger partial charge in [-0.05, 0) is 56.7 Å². The summed E-state index contributed by atoms with van der Waals surface area (Å²) in [4.78, 5) is 12.6. The van der Waals surface area contributed by atoms with Gasteiger partial charge in [-0.2, -0.15) is 0 Å². The van der Waals surface area contributed by atoms with Crippen molar-refractivity contribution in [1.82, 2.24) is 14.9 Å². The average molecular weight is 455 g/mol. The van der Waals surface area contributed by atoms with E-state index in [0.29, 0.717) is 12.6 Å². The first-order valence-electron chi connectivity index (χ1n) is 12.7. The highest BCUT2D eigenvalue weighted by atomic mass is 16.5. The smallest absolute Gasteiger partial charge is 0.148 e. The zero-order valence-corrected chi connectivity index (χ0v) is 21.5. The van der Waals surface area contributed by atoms with E-state index in [2.05, 4.69) is 63.9 Å². The summed E-state index contributed by atoms with van der Waals surface area (Å²) in [5, 5.41) is 3.63. The Kier molecular flexibility index (Phi) is 9.51. The molecule has 0 radical (unpaired) electrons. The van der Waals surface area contributed by atoms with Gasteiger partial charge in [-0.1, -0.05) is 33.8 Å². The lowest BCUT2D eigenvalue weighted by molar-refractivity contribution is 0.0322. The zero-order chi connectivity index (χ0) is 23.8. The summed E-state index contributed by atoms with van der Waals surface area (Å²) < 4.78 is 11.7. The number of hydrogen-bond donors (Lipinski definition) is 1. The van der Waals surface area contributed by atoms with Crippen LogP contribution in [0.2, 0.25) is 0 Å². The molecule has 0 spiro atoms. The van der Waals surface area contributed by atoms with Crippen LogP contribution in [0.3, 0.4) is 0 Å². The normalized spacial score (nSPS) is 14.6. The van der Waals surface area contributed by atoms with Crippen molar-refractivity contribution < 1.29 is 9.47 Å². The Morgan fingerprint density at radius 3 is 2.30 bits per heavy atom. The predicted octanol–water partition coefficient (Wildman–Crippen LogP) is 5.20. The molecule has 1 saturated heterocycles. The van der Waals surface area contributed by atoms with Crippen LogP contribution in [0.1, 0.15) is 63.1 Å². The molecule has 0 atom stereocenters. The Morgan fingerprint density at radius 2 is 1.67 bits per heavy atom. The molecule has 1 aliphatic rings. The summed E-state index contributed by atoms with van der Waals surface area (Å²) in [6.07, 6.45) is 3.84. The van der Waals surface area contributed by atoms with Crippen LogP contribution in [0.25, 0.3) is 11.3 Å². The third-order valence-electron chi connectivity index (χ3n) is 6.58. The molecular weight excluding hydrogens is 412 g/mol. The highest BCUT2D eigenvalue weighted by Gasteiger charge is 2.18. The minimum Gasteiger partial charge on any atom is -0.492 e. The molecule has 33 heavy (non-hydrogen) atoms. The average Bonchev–Trinajstić information content (AvgIpc) is 2.84. The zero-order valence-electron chi connectivity index (χ0n) is 21.5. The fourth-order valence-electron chi connectivity index (χ4n) is 4.37. The van der Waals surface area contributed by atoms with E-state index in [1.807, 2.05) is 0 Å². The molecule has 0 bridgehead atoms. The van der Waals surface area contributed by atoms with Crippen LogP contribution < -0.4 is 10.1 Å². The van der Waals surface area contributed by atoms with Gasteiger partial charge in [0, 0.05) is 31.2 Å². The second-order valence-corrected chi connectivity index (χ2v) is 8.91. The summed E-state index contributed by atoms with van der Waals surface area (Å²) in [5.74, 6) is 1.88. The molecule has 0 amide bonds. The second-order valence-electron chi connectivity index (χ2n) is 8.91. The van der Waals surface area contributed by atoms with Crippen LogP contribution in [-0.2, 0) is 17.6 Å². The Bertz CT molecular complexity index is 905. The monoisotopic (exact) mass is 454 g/mol. The Hall–Kier alpha value is -2.18. The lowest BCUT2D eigenvalue weighted by Gasteiger charge is -2.26. The van der Waals surface area contributed by atoms with E-state index < -0.39 is 0 Å². The molecule has 1 aliphatic heterocycles. The van der Waals surface area contributed by atoms with E-state index in [-0.39, 0.29) is 0 Å². The Labute approximate surface area is 200 Å². The van der Waals surface area contributed by atoms with Gasteiger partial charge in [0.25, 0.3) is 0 Å². The molecular formula is C27H42N4O2. The molecule has 182 valence electrons. The number of morpholine rings is 1. The molecule has 3 rings (SSSR count). The van der Waals surface area contributed by atoms with Crippen LogP contribution in [0.5, 0.6) is 5.75 Å². The van der Waals surface area contributed by atoms with Crippen LogP contribution in [0.4, 0.5) is 5.82 Å². The standard InChI is InChI=1S/C27H42N4O2/c1-7-21(8-2)28-27-24(10-4)29-26(23(9-3)30-27)22-18-25(20(6)17-19(22)5)33-16-13-31-11-14-32-15-12-31/h17-18,21H,7-16H2,1-6H3,(H,28,30). The topological polar surface area (TPSA) is 59.5 Å². The largest absolute Gasteiger partial charge is 0.492 e. The van der Waals surface area contributed by atoms with Crippen molar-refractivity contribution >= 4 is 5.82 Å². The van der Waals surface area contributed by atoms with Gasteiger partial charge < -0.3 is 14.8 Å². The lowest BCUT2D eigenvalue weighted by atomic mass is 9.99. The molecule has 0 saturated carbocycles. The third kappa shape index (κ3) is 6.45. The molecule has 0 aliphatic carbocycles. The SMILES string of the molecule is CCc1nc(-c2cc(OCCN3CCOCC3)c(C)cc2C)c(CC)nc1NC(CC)CC. The van der Waals surface area contributed by atoms with Gasteiger partial charge in [0.05, 0.1) is 30.3 Å². The molecule has 6 nitrogen and oxygen atoms in total. The summed E-state index contributed by atoms with van der Waals surface area (Å²) in [6.45, 7) is 18.2. The molecule has 6 heteroatoms. The highest BCUT2D eigenvalue weighted by molar-refractivity contribution is 5.70. The number of rotatable bonds is 11. The maximum atomic E-state index is 6.25. The van der Waals surface area contributed by atoms with Gasteiger partial charge in [-0.15, -0.1) is 0 Å². The van der Waals surface area contributed by atoms with Gasteiger partial charge in [0.1, 0.15) is 18.2 Å². The summed E-state index contributed by atoms with van der Waals surface area (Å²) in [5.41, 5.74) is 6.54. The lowest BCUT2D eigenvalue weighted by Crippen LogP contribution is -2.38. The quantitative estimate of drug-likeness (QED) is 0.504. The van der Waals surface area contributed by atoms with Gasteiger partial charge in [0.15, 0.2) is 0 Å². The fourth-order valence-corrected chi connectivity index (χ4v) is 4.37. The van der Waals surface area contributed by atoms with Crippen molar-refractivity contribution in [3.05, 3.63) is 34.6 Å². The minimum absolute atomic E-state index is 0.424. The summed E-state index contributed by atoms with van der Waals surface area (Å²) in [7, 11) is 0. The fraction of sp³-hybridized carbons (Fsp3) is 0.630. The molecule has 2 heterocycles. The third-order valence-corrected chi connectivity index (χ3v) is 6.58. The predicted molar refractivity (Wildman–Crippen MR) is 136 cm³/mol. The van der Waals surface area contributed by atoms with Gasteiger partial charge >= 0.3 is 0 Å². The molecule has 1 fully saturated rings. The number of aromatic nitrogens is 2. The van der Waals surface area contributed by atoms with Crippen LogP contribution >= 0.6 is 0 Å². The van der Waals surface area contributed by atoms with E-state index in [1.54, 1.807) is 0 Å². The van der Waals surface area contributed by atoms with E-state index in [0.717, 1.165) is 98.3 Å². The molecule has 1 aromatic heterocycles. The molecule has 1 N–H and O–H groups in total.